The van der Waals surface area contributed by atoms with E-state index in [0.717, 1.165) is 11.1 Å². The normalized spacial score (nSPS) is 10.8. The fourth-order valence-corrected chi connectivity index (χ4v) is 3.76. The van der Waals surface area contributed by atoms with Crippen LogP contribution < -0.4 is 0 Å². The van der Waals surface area contributed by atoms with Crippen molar-refractivity contribution >= 4 is 17.5 Å². The minimum atomic E-state index is -0.312. The summed E-state index contributed by atoms with van der Waals surface area (Å²) in [5, 5.41) is 0. The number of methoxy groups -OCH3 is 2. The van der Waals surface area contributed by atoms with Crippen LogP contribution in [0.3, 0.4) is 0 Å². The first-order valence-electron chi connectivity index (χ1n) is 11.7. The van der Waals surface area contributed by atoms with Gasteiger partial charge in [-0.2, -0.15) is 0 Å². The van der Waals surface area contributed by atoms with Crippen LogP contribution >= 0.6 is 0 Å². The number of benzene rings is 2. The van der Waals surface area contributed by atoms with Gasteiger partial charge in [-0.05, 0) is 70.2 Å². The summed E-state index contributed by atoms with van der Waals surface area (Å²) >= 11 is 0. The smallest absolute Gasteiger partial charge is 0.337 e. The number of allylic oxidation sites excluding steroid dienone is 1. The van der Waals surface area contributed by atoms with Gasteiger partial charge in [-0.3, -0.25) is 0 Å². The molecule has 0 bridgehead atoms. The van der Waals surface area contributed by atoms with E-state index in [1.54, 1.807) is 6.07 Å². The average molecular weight is 499 g/mol. The summed E-state index contributed by atoms with van der Waals surface area (Å²) in [4.78, 5) is 23.0. The Hall–Kier alpha value is -2.88. The third-order valence-electron chi connectivity index (χ3n) is 5.61. The lowest BCUT2D eigenvalue weighted by Crippen LogP contribution is -2.16. The van der Waals surface area contributed by atoms with Crippen LogP contribution in [0.25, 0.3) is 5.57 Å². The van der Waals surface area contributed by atoms with Crippen LogP contribution in [0.5, 0.6) is 0 Å². The zero-order chi connectivity index (χ0) is 26.4. The molecule has 0 fully saturated rings. The molecule has 36 heavy (non-hydrogen) atoms. The Morgan fingerprint density at radius 1 is 0.750 bits per heavy atom. The van der Waals surface area contributed by atoms with Crippen molar-refractivity contribution in [2.45, 2.75) is 93.9 Å². The number of ether oxygens (including phenoxy) is 2. The molecule has 2 aromatic carbocycles. The molecule has 0 saturated heterocycles. The number of hydrogen-bond acceptors (Lipinski definition) is 4. The van der Waals surface area contributed by atoms with E-state index >= 15 is 0 Å². The highest BCUT2D eigenvalue weighted by Crippen LogP contribution is 2.32. The van der Waals surface area contributed by atoms with E-state index in [0.29, 0.717) is 17.0 Å². The fraction of sp³-hybridized carbons (Fsp3) is 0.500. The van der Waals surface area contributed by atoms with Gasteiger partial charge < -0.3 is 9.47 Å². The largest absolute Gasteiger partial charge is 0.465 e. The molecule has 0 radical (unpaired) electrons. The van der Waals surface area contributed by atoms with Crippen LogP contribution in [-0.4, -0.2) is 26.2 Å². The lowest BCUT2D eigenvalue weighted by Gasteiger charge is -2.25. The zero-order valence-corrected chi connectivity index (χ0v) is 22.9. The molecule has 0 aliphatic rings. The van der Waals surface area contributed by atoms with Gasteiger partial charge in [0.05, 0.1) is 25.3 Å². The van der Waals surface area contributed by atoms with Gasteiger partial charge >= 0.3 is 11.9 Å². The molecule has 0 unspecified atom stereocenters. The van der Waals surface area contributed by atoms with Gasteiger partial charge in [0, 0.05) is 0 Å². The van der Waals surface area contributed by atoms with E-state index in [-0.39, 0.29) is 37.6 Å². The first-order valence-corrected chi connectivity index (χ1v) is 11.7. The van der Waals surface area contributed by atoms with Gasteiger partial charge in [-0.25, -0.2) is 9.59 Å². The molecule has 0 aromatic heterocycles. The van der Waals surface area contributed by atoms with Gasteiger partial charge in [-0.15, -0.1) is 0 Å². The molecule has 0 aliphatic heterocycles. The van der Waals surface area contributed by atoms with E-state index in [1.165, 1.54) is 30.9 Å². The van der Waals surface area contributed by atoms with Crippen LogP contribution in [0.1, 0.15) is 126 Å². The summed E-state index contributed by atoms with van der Waals surface area (Å²) in [5.41, 5.74) is 7.01. The van der Waals surface area contributed by atoms with Crippen molar-refractivity contribution in [3.05, 3.63) is 76.4 Å². The maximum absolute atomic E-state index is 11.5. The van der Waals surface area contributed by atoms with E-state index < -0.39 is 0 Å². The van der Waals surface area contributed by atoms with Crippen molar-refractivity contribution in [3.8, 4) is 0 Å². The highest BCUT2D eigenvalue weighted by molar-refractivity contribution is 5.91. The molecule has 0 saturated carbocycles. The molecule has 2 rings (SSSR count). The molecule has 4 heteroatoms. The first kappa shape index (κ1) is 35.3. The SMILES string of the molecule is C.C.C=C(C)c1cc(C(=O)OC)ccc1C(C)(C)C.COC(=O)c1ccc(C(C)(C)C)c(C(C)C)c1. The molecule has 0 atom stereocenters. The first-order chi connectivity index (χ1) is 15.5. The van der Waals surface area contributed by atoms with Gasteiger partial charge in [0.25, 0.3) is 0 Å². The van der Waals surface area contributed by atoms with Crippen molar-refractivity contribution in [3.63, 3.8) is 0 Å². The maximum Gasteiger partial charge on any atom is 0.337 e. The van der Waals surface area contributed by atoms with Gasteiger partial charge in [0.1, 0.15) is 0 Å². The highest BCUT2D eigenvalue weighted by Gasteiger charge is 2.21. The summed E-state index contributed by atoms with van der Waals surface area (Å²) in [6.07, 6.45) is 0. The Kier molecular flexibility index (Phi) is 13.7. The molecular formula is C32H50O4. The Labute approximate surface area is 221 Å². The Bertz CT molecular complexity index is 1030. The van der Waals surface area contributed by atoms with E-state index in [9.17, 15) is 9.59 Å². The average Bonchev–Trinajstić information content (AvgIpc) is 2.76. The predicted molar refractivity (Wildman–Crippen MR) is 155 cm³/mol. The van der Waals surface area contributed by atoms with Crippen molar-refractivity contribution in [2.24, 2.45) is 0 Å². The van der Waals surface area contributed by atoms with Crippen LogP contribution in [0.4, 0.5) is 0 Å². The third kappa shape index (κ3) is 9.29. The summed E-state index contributed by atoms with van der Waals surface area (Å²) in [6.45, 7) is 23.2. The van der Waals surface area contributed by atoms with E-state index in [1.807, 2.05) is 37.3 Å². The lowest BCUT2D eigenvalue weighted by atomic mass is 9.80. The standard InChI is InChI=1S/C15H22O2.C15H20O2.2CH4/c2*1-10(2)12-9-11(14(16)17-6)7-8-13(12)15(3,4)5;;/h7-10H,1-6H3;7-9H,1H2,2-6H3;2*1H4. The second-order valence-electron chi connectivity index (χ2n) is 11.0. The van der Waals surface area contributed by atoms with Gasteiger partial charge in [0.15, 0.2) is 0 Å². The molecule has 4 nitrogen and oxygen atoms in total. The quantitative estimate of drug-likeness (QED) is 0.395. The molecule has 202 valence electrons. The zero-order valence-electron chi connectivity index (χ0n) is 22.9. The molecule has 0 heterocycles. The fourth-order valence-electron chi connectivity index (χ4n) is 3.76. The summed E-state index contributed by atoms with van der Waals surface area (Å²) in [6, 6.07) is 11.5. The van der Waals surface area contributed by atoms with E-state index in [2.05, 4.69) is 62.0 Å². The number of carbonyl (C=O) groups is 2. The second-order valence-corrected chi connectivity index (χ2v) is 11.0. The monoisotopic (exact) mass is 498 g/mol. The van der Waals surface area contributed by atoms with Crippen molar-refractivity contribution in [1.29, 1.82) is 0 Å². The minimum absolute atomic E-state index is 0. The predicted octanol–water partition coefficient (Wildman–Crippen LogP) is 8.97. The molecule has 0 N–H and O–H groups in total. The Morgan fingerprint density at radius 2 is 1.14 bits per heavy atom. The molecule has 0 spiro atoms. The Balaban J connectivity index is 0. The molecular weight excluding hydrogens is 448 g/mol. The minimum Gasteiger partial charge on any atom is -0.465 e. The highest BCUT2D eigenvalue weighted by atomic mass is 16.5. The van der Waals surface area contributed by atoms with Crippen LogP contribution in [0.15, 0.2) is 43.0 Å². The van der Waals surface area contributed by atoms with E-state index in [4.69, 9.17) is 9.47 Å². The maximum atomic E-state index is 11.5. The van der Waals surface area contributed by atoms with Crippen LogP contribution in [-0.2, 0) is 20.3 Å². The summed E-state index contributed by atoms with van der Waals surface area (Å²) < 4.78 is 9.49. The van der Waals surface area contributed by atoms with Gasteiger partial charge in [-0.1, -0.05) is 94.5 Å². The second kappa shape index (κ2) is 14.0. The van der Waals surface area contributed by atoms with Crippen molar-refractivity contribution in [1.82, 2.24) is 0 Å². The molecule has 2 aromatic rings. The van der Waals surface area contributed by atoms with Gasteiger partial charge in [0.2, 0.25) is 0 Å². The molecule has 0 aliphatic carbocycles. The van der Waals surface area contributed by atoms with Crippen molar-refractivity contribution in [2.75, 3.05) is 14.2 Å². The van der Waals surface area contributed by atoms with Crippen LogP contribution in [0.2, 0.25) is 0 Å². The number of carbonyl (C=O) groups excluding carboxylic acids is 2. The number of hydrogen-bond donors (Lipinski definition) is 0. The molecule has 0 amide bonds. The topological polar surface area (TPSA) is 52.6 Å². The number of esters is 2. The van der Waals surface area contributed by atoms with Crippen LogP contribution in [0, 0.1) is 0 Å². The lowest BCUT2D eigenvalue weighted by molar-refractivity contribution is 0.0591. The summed E-state index contributed by atoms with van der Waals surface area (Å²) in [7, 11) is 2.80. The number of rotatable bonds is 4. The Morgan fingerprint density at radius 3 is 1.47 bits per heavy atom. The summed E-state index contributed by atoms with van der Waals surface area (Å²) in [5.74, 6) is -0.186. The van der Waals surface area contributed by atoms with Crippen molar-refractivity contribution < 1.29 is 19.1 Å². The third-order valence-corrected chi connectivity index (χ3v) is 5.61.